The molecule has 238 valence electrons. The number of carboxylic acids is 1. The van der Waals surface area contributed by atoms with Crippen LogP contribution in [0.25, 0.3) is 21.1 Å². The minimum atomic E-state index is -5.08. The Morgan fingerprint density at radius 1 is 1.15 bits per heavy atom. The molecule has 0 bridgehead atoms. The van der Waals surface area contributed by atoms with Crippen LogP contribution < -0.4 is 21.3 Å². The van der Waals surface area contributed by atoms with Gasteiger partial charge < -0.3 is 26.4 Å². The zero-order chi connectivity index (χ0) is 32.7. The SMILES string of the molecule is CCNC(=O)N[C@H]1CN[C@H](C#Cc2cc3ncnc(Nc4ccc5c(cnn5Cc5ccccc5)c4)c3s2)C1.O=C(O)C(F)(F)F. The van der Waals surface area contributed by atoms with Crippen molar-refractivity contribution in [1.29, 1.82) is 0 Å². The van der Waals surface area contributed by atoms with Gasteiger partial charge >= 0.3 is 18.2 Å². The van der Waals surface area contributed by atoms with Crippen molar-refractivity contribution >= 4 is 56.0 Å². The fourth-order valence-electron chi connectivity index (χ4n) is 4.70. The maximum Gasteiger partial charge on any atom is 0.490 e. The molecule has 0 aliphatic carbocycles. The predicted octanol–water partition coefficient (Wildman–Crippen LogP) is 4.87. The van der Waals surface area contributed by atoms with E-state index in [9.17, 15) is 18.0 Å². The molecule has 1 aliphatic heterocycles. The molecule has 1 fully saturated rings. The number of rotatable bonds is 6. The average molecular weight is 651 g/mol. The number of alkyl halides is 3. The number of carboxylic acid groups (broad SMARTS) is 1. The minimum absolute atomic E-state index is 0.0281. The van der Waals surface area contributed by atoms with Crippen molar-refractivity contribution in [1.82, 2.24) is 35.7 Å². The van der Waals surface area contributed by atoms with E-state index in [0.717, 1.165) is 50.5 Å². The van der Waals surface area contributed by atoms with Crippen LogP contribution in [0, 0.1) is 11.8 Å². The van der Waals surface area contributed by atoms with E-state index in [1.54, 1.807) is 17.7 Å². The summed E-state index contributed by atoms with van der Waals surface area (Å²) in [4.78, 5) is 30.5. The van der Waals surface area contributed by atoms with Crippen LogP contribution in [-0.2, 0) is 11.3 Å². The van der Waals surface area contributed by atoms with E-state index in [1.807, 2.05) is 48.1 Å². The lowest BCUT2D eigenvalue weighted by Gasteiger charge is -2.11. The van der Waals surface area contributed by atoms with E-state index in [1.165, 1.54) is 5.56 Å². The molecule has 2 amide bonds. The van der Waals surface area contributed by atoms with Crippen LogP contribution in [-0.4, -0.2) is 68.2 Å². The van der Waals surface area contributed by atoms with Gasteiger partial charge in [-0.05, 0) is 43.2 Å². The van der Waals surface area contributed by atoms with E-state index in [-0.39, 0.29) is 18.1 Å². The number of carbonyl (C=O) groups excluding carboxylic acids is 1. The van der Waals surface area contributed by atoms with Crippen molar-refractivity contribution in [3.05, 3.63) is 77.6 Å². The van der Waals surface area contributed by atoms with Crippen molar-refractivity contribution < 1.29 is 27.9 Å². The summed E-state index contributed by atoms with van der Waals surface area (Å²) in [7, 11) is 0. The Hall–Kier alpha value is -5.20. The first-order chi connectivity index (χ1) is 22.1. The second kappa shape index (κ2) is 14.3. The van der Waals surface area contributed by atoms with Crippen LogP contribution in [0.15, 0.2) is 67.1 Å². The lowest BCUT2D eigenvalue weighted by molar-refractivity contribution is -0.192. The van der Waals surface area contributed by atoms with Gasteiger partial charge in [-0.25, -0.2) is 19.6 Å². The summed E-state index contributed by atoms with van der Waals surface area (Å²) in [6.07, 6.45) is -0.849. The van der Waals surface area contributed by atoms with Gasteiger partial charge in [0.1, 0.15) is 6.33 Å². The van der Waals surface area contributed by atoms with E-state index < -0.39 is 12.1 Å². The Morgan fingerprint density at radius 3 is 2.67 bits per heavy atom. The number of thiophene rings is 1. The topological polar surface area (TPSA) is 146 Å². The molecule has 6 rings (SSSR count). The molecular weight excluding hydrogens is 621 g/mol. The summed E-state index contributed by atoms with van der Waals surface area (Å²) in [6, 6.07) is 18.5. The summed E-state index contributed by atoms with van der Waals surface area (Å²) in [5.41, 5.74) is 4.08. The highest BCUT2D eigenvalue weighted by Crippen LogP contribution is 2.31. The Bertz CT molecular complexity index is 1900. The van der Waals surface area contributed by atoms with Crippen molar-refractivity contribution in [2.75, 3.05) is 18.4 Å². The minimum Gasteiger partial charge on any atom is -0.475 e. The molecule has 11 nitrogen and oxygen atoms in total. The maximum absolute atomic E-state index is 11.8. The number of amides is 2. The number of urea groups is 1. The molecule has 0 unspecified atom stereocenters. The molecule has 1 aliphatic rings. The standard InChI is InChI=1S/C29H28N8OS.C2HF3O2/c1-2-30-29(38)36-23-13-21(31-16-23)8-10-24-14-25-27(39-24)28(33-18-32-25)35-22-9-11-26-20(12-22)15-34-37(26)17-19-6-4-3-5-7-19;3-2(4,5)1(6)7/h3-7,9,11-12,14-15,18,21,23,31H,2,13,16-17H2,1H3,(H2,30,36,38)(H,32,33,35);(H,6,7)/t21-,23-;/m1./s1. The Labute approximate surface area is 265 Å². The quantitative estimate of drug-likeness (QED) is 0.164. The molecule has 5 N–H and O–H groups in total. The molecule has 5 aromatic rings. The molecule has 46 heavy (non-hydrogen) atoms. The van der Waals surface area contributed by atoms with Crippen LogP contribution in [0.5, 0.6) is 0 Å². The van der Waals surface area contributed by atoms with Crippen LogP contribution in [0.1, 0.15) is 23.8 Å². The van der Waals surface area contributed by atoms with E-state index in [2.05, 4.69) is 72.4 Å². The third kappa shape index (κ3) is 8.29. The summed E-state index contributed by atoms with van der Waals surface area (Å²) in [5, 5.41) is 25.3. The van der Waals surface area contributed by atoms with Gasteiger partial charge in [0.2, 0.25) is 0 Å². The van der Waals surface area contributed by atoms with Crippen LogP contribution in [0.2, 0.25) is 0 Å². The molecule has 2 atom stereocenters. The Balaban J connectivity index is 0.000000537. The third-order valence-electron chi connectivity index (χ3n) is 6.81. The number of nitrogens with zero attached hydrogens (tertiary/aromatic N) is 4. The molecule has 4 heterocycles. The number of nitrogens with one attached hydrogen (secondary N) is 4. The normalized spacial score (nSPS) is 15.8. The summed E-state index contributed by atoms with van der Waals surface area (Å²) >= 11 is 1.57. The first kappa shape index (κ1) is 32.2. The van der Waals surface area contributed by atoms with Crippen LogP contribution in [0.3, 0.4) is 0 Å². The number of aliphatic carboxylic acids is 1. The van der Waals surface area contributed by atoms with Gasteiger partial charge in [-0.3, -0.25) is 4.68 Å². The van der Waals surface area contributed by atoms with E-state index >= 15 is 0 Å². The lowest BCUT2D eigenvalue weighted by atomic mass is 10.2. The van der Waals surface area contributed by atoms with Gasteiger partial charge in [0, 0.05) is 30.2 Å². The fourth-order valence-corrected chi connectivity index (χ4v) is 5.62. The van der Waals surface area contributed by atoms with Crippen molar-refractivity contribution in [2.45, 2.75) is 38.1 Å². The summed E-state index contributed by atoms with van der Waals surface area (Å²) in [5.74, 6) is 4.58. The number of fused-ring (bicyclic) bond motifs is 2. The van der Waals surface area contributed by atoms with Crippen molar-refractivity contribution in [2.24, 2.45) is 0 Å². The highest BCUT2D eigenvalue weighted by Gasteiger charge is 2.38. The molecule has 15 heteroatoms. The zero-order valence-electron chi connectivity index (χ0n) is 24.4. The lowest BCUT2D eigenvalue weighted by Crippen LogP contribution is -2.42. The Kier molecular flexibility index (Phi) is 9.99. The number of aromatic nitrogens is 4. The second-order valence-electron chi connectivity index (χ2n) is 10.2. The first-order valence-corrected chi connectivity index (χ1v) is 15.0. The molecule has 1 saturated heterocycles. The third-order valence-corrected chi connectivity index (χ3v) is 7.85. The molecule has 0 radical (unpaired) electrons. The monoisotopic (exact) mass is 650 g/mol. The number of hydrogen-bond donors (Lipinski definition) is 5. The smallest absolute Gasteiger partial charge is 0.475 e. The van der Waals surface area contributed by atoms with Gasteiger partial charge in [0.15, 0.2) is 5.82 Å². The maximum atomic E-state index is 11.8. The number of carbonyl (C=O) groups is 2. The fraction of sp³-hybridized carbons (Fsp3) is 0.258. The van der Waals surface area contributed by atoms with Gasteiger partial charge in [-0.1, -0.05) is 42.2 Å². The van der Waals surface area contributed by atoms with Gasteiger partial charge in [0.25, 0.3) is 0 Å². The molecular formula is C31H29F3N8O3S. The number of halogens is 3. The predicted molar refractivity (Wildman–Crippen MR) is 169 cm³/mol. The van der Waals surface area contributed by atoms with E-state index in [4.69, 9.17) is 9.90 Å². The van der Waals surface area contributed by atoms with Crippen molar-refractivity contribution in [3.63, 3.8) is 0 Å². The highest BCUT2D eigenvalue weighted by molar-refractivity contribution is 7.20. The van der Waals surface area contributed by atoms with E-state index in [0.29, 0.717) is 13.1 Å². The highest BCUT2D eigenvalue weighted by atomic mass is 32.1. The summed E-state index contributed by atoms with van der Waals surface area (Å²) in [6.45, 7) is 3.94. The van der Waals surface area contributed by atoms with Gasteiger partial charge in [-0.15, -0.1) is 11.3 Å². The molecule has 0 saturated carbocycles. The van der Waals surface area contributed by atoms with Gasteiger partial charge in [-0.2, -0.15) is 18.3 Å². The number of benzene rings is 2. The van der Waals surface area contributed by atoms with Gasteiger partial charge in [0.05, 0.1) is 39.4 Å². The summed E-state index contributed by atoms with van der Waals surface area (Å²) < 4.78 is 34.7. The zero-order valence-corrected chi connectivity index (χ0v) is 25.2. The Morgan fingerprint density at radius 2 is 1.93 bits per heavy atom. The molecule has 3 aromatic heterocycles. The molecule has 0 spiro atoms. The second-order valence-corrected chi connectivity index (χ2v) is 11.3. The van der Waals surface area contributed by atoms with Crippen molar-refractivity contribution in [3.8, 4) is 11.8 Å². The molecule has 2 aromatic carbocycles. The van der Waals surface area contributed by atoms with Crippen LogP contribution >= 0.6 is 11.3 Å². The van der Waals surface area contributed by atoms with Crippen LogP contribution in [0.4, 0.5) is 29.5 Å². The first-order valence-electron chi connectivity index (χ1n) is 14.2. The number of anilines is 2. The average Bonchev–Trinajstić information content (AvgIpc) is 3.75. The largest absolute Gasteiger partial charge is 0.490 e. The number of hydrogen-bond acceptors (Lipinski definition) is 8.